The molecule has 0 radical (unpaired) electrons. The van der Waals surface area contributed by atoms with Gasteiger partial charge < -0.3 is 10.2 Å². The first-order chi connectivity index (χ1) is 10.7. The number of anilines is 1. The van der Waals surface area contributed by atoms with Crippen LogP contribution in [0.3, 0.4) is 0 Å². The molecule has 0 spiro atoms. The van der Waals surface area contributed by atoms with Crippen LogP contribution in [-0.4, -0.2) is 28.9 Å². The van der Waals surface area contributed by atoms with Gasteiger partial charge in [-0.2, -0.15) is 0 Å². The average molecular weight is 297 g/mol. The van der Waals surface area contributed by atoms with Crippen molar-refractivity contribution in [2.24, 2.45) is 0 Å². The van der Waals surface area contributed by atoms with E-state index in [9.17, 15) is 4.79 Å². The minimum absolute atomic E-state index is 0.0181. The Bertz CT molecular complexity index is 618. The number of benzene rings is 1. The fourth-order valence-corrected chi connectivity index (χ4v) is 2.30. The van der Waals surface area contributed by atoms with Crippen molar-refractivity contribution in [1.82, 2.24) is 9.88 Å². The number of hydrogen-bond acceptors (Lipinski definition) is 3. The third-order valence-electron chi connectivity index (χ3n) is 3.78. The molecule has 1 aromatic carbocycles. The molecule has 0 unspecified atom stereocenters. The molecule has 0 aliphatic heterocycles. The highest BCUT2D eigenvalue weighted by Crippen LogP contribution is 2.12. The lowest BCUT2D eigenvalue weighted by molar-refractivity contribution is 0.0767. The second kappa shape index (κ2) is 7.59. The lowest BCUT2D eigenvalue weighted by Crippen LogP contribution is -2.31. The van der Waals surface area contributed by atoms with Crippen LogP contribution in [0.5, 0.6) is 0 Å². The van der Waals surface area contributed by atoms with Crippen LogP contribution in [0.1, 0.15) is 35.5 Å². The van der Waals surface area contributed by atoms with Crippen LogP contribution >= 0.6 is 0 Å². The fraction of sp³-hybridized carbons (Fsp3) is 0.333. The molecular formula is C18H23N3O. The number of carbonyl (C=O) groups is 1. The zero-order valence-electron chi connectivity index (χ0n) is 13.5. The first-order valence-electron chi connectivity index (χ1n) is 7.69. The van der Waals surface area contributed by atoms with E-state index in [0.717, 1.165) is 12.2 Å². The summed E-state index contributed by atoms with van der Waals surface area (Å²) in [4.78, 5) is 18.2. The van der Waals surface area contributed by atoms with E-state index in [0.29, 0.717) is 18.8 Å². The molecule has 0 aliphatic rings. The molecule has 1 amide bonds. The van der Waals surface area contributed by atoms with Crippen molar-refractivity contribution < 1.29 is 4.79 Å². The highest BCUT2D eigenvalue weighted by atomic mass is 16.2. The molecule has 0 fully saturated rings. The molecule has 0 atom stereocenters. The molecule has 4 nitrogen and oxygen atoms in total. The summed E-state index contributed by atoms with van der Waals surface area (Å²) >= 11 is 0. The predicted molar refractivity (Wildman–Crippen MR) is 90.0 cm³/mol. The highest BCUT2D eigenvalue weighted by Gasteiger charge is 2.13. The third kappa shape index (κ3) is 3.85. The van der Waals surface area contributed by atoms with Crippen molar-refractivity contribution in [2.45, 2.75) is 27.3 Å². The third-order valence-corrected chi connectivity index (χ3v) is 3.78. The molecule has 116 valence electrons. The highest BCUT2D eigenvalue weighted by molar-refractivity contribution is 5.92. The fourth-order valence-electron chi connectivity index (χ4n) is 2.30. The van der Waals surface area contributed by atoms with Crippen molar-refractivity contribution in [2.75, 3.05) is 18.4 Å². The van der Waals surface area contributed by atoms with Crippen LogP contribution in [0.15, 0.2) is 42.6 Å². The molecule has 22 heavy (non-hydrogen) atoms. The second-order valence-corrected chi connectivity index (χ2v) is 5.19. The minimum Gasteiger partial charge on any atom is -0.380 e. The maximum atomic E-state index is 12.2. The largest absolute Gasteiger partial charge is 0.380 e. The Balaban J connectivity index is 2.00. The van der Waals surface area contributed by atoms with Gasteiger partial charge >= 0.3 is 0 Å². The number of hydrogen-bond donors (Lipinski definition) is 1. The van der Waals surface area contributed by atoms with Gasteiger partial charge in [0.1, 0.15) is 5.69 Å². The number of carbonyl (C=O) groups excluding carboxylic acids is 1. The van der Waals surface area contributed by atoms with Gasteiger partial charge in [-0.05, 0) is 44.0 Å². The van der Waals surface area contributed by atoms with Crippen molar-refractivity contribution in [3.05, 3.63) is 59.4 Å². The number of rotatable bonds is 6. The Labute approximate surface area is 132 Å². The van der Waals surface area contributed by atoms with Gasteiger partial charge in [0.2, 0.25) is 0 Å². The molecule has 2 rings (SSSR count). The van der Waals surface area contributed by atoms with Gasteiger partial charge in [0.25, 0.3) is 5.91 Å². The van der Waals surface area contributed by atoms with Crippen LogP contribution in [-0.2, 0) is 6.54 Å². The van der Waals surface area contributed by atoms with E-state index in [-0.39, 0.29) is 5.91 Å². The first-order valence-corrected chi connectivity index (χ1v) is 7.69. The molecule has 1 heterocycles. The van der Waals surface area contributed by atoms with Gasteiger partial charge in [-0.15, -0.1) is 0 Å². The van der Waals surface area contributed by atoms with Gasteiger partial charge in [-0.1, -0.05) is 24.3 Å². The second-order valence-electron chi connectivity index (χ2n) is 5.19. The van der Waals surface area contributed by atoms with Gasteiger partial charge in [-0.3, -0.25) is 4.79 Å². The Hall–Kier alpha value is -2.36. The normalized spacial score (nSPS) is 10.3. The van der Waals surface area contributed by atoms with E-state index >= 15 is 0 Å². The average Bonchev–Trinajstić information content (AvgIpc) is 2.55. The van der Waals surface area contributed by atoms with Crippen LogP contribution in [0.2, 0.25) is 0 Å². The van der Waals surface area contributed by atoms with Crippen LogP contribution in [0.4, 0.5) is 5.69 Å². The number of aromatic nitrogens is 1. The predicted octanol–water partition coefficient (Wildman–Crippen LogP) is 3.48. The topological polar surface area (TPSA) is 45.2 Å². The standard InChI is InChI=1S/C18H23N3O/c1-4-21(5-2)18(22)17-11-10-16(13-20-17)19-12-15-9-7-6-8-14(15)3/h6-11,13,19H,4-5,12H2,1-3H3. The Morgan fingerprint density at radius 1 is 1.14 bits per heavy atom. The Kier molecular flexibility index (Phi) is 5.53. The monoisotopic (exact) mass is 297 g/mol. The summed E-state index contributed by atoms with van der Waals surface area (Å²) in [5, 5.41) is 3.34. The molecule has 0 saturated carbocycles. The smallest absolute Gasteiger partial charge is 0.272 e. The zero-order chi connectivity index (χ0) is 15.9. The minimum atomic E-state index is -0.0181. The van der Waals surface area contributed by atoms with E-state index in [4.69, 9.17) is 0 Å². The molecule has 2 aromatic rings. The molecule has 0 aliphatic carbocycles. The maximum absolute atomic E-state index is 12.2. The van der Waals surface area contributed by atoms with Crippen LogP contribution < -0.4 is 5.32 Å². The maximum Gasteiger partial charge on any atom is 0.272 e. The Morgan fingerprint density at radius 2 is 1.86 bits per heavy atom. The summed E-state index contributed by atoms with van der Waals surface area (Å²) in [6.07, 6.45) is 1.72. The lowest BCUT2D eigenvalue weighted by atomic mass is 10.1. The number of pyridine rings is 1. The van der Waals surface area contributed by atoms with Gasteiger partial charge in [0, 0.05) is 19.6 Å². The number of nitrogens with one attached hydrogen (secondary N) is 1. The molecule has 0 bridgehead atoms. The summed E-state index contributed by atoms with van der Waals surface area (Å²) in [7, 11) is 0. The molecule has 0 saturated heterocycles. The Morgan fingerprint density at radius 3 is 2.45 bits per heavy atom. The van der Waals surface area contributed by atoms with Gasteiger partial charge in [-0.25, -0.2) is 4.98 Å². The number of nitrogens with zero attached hydrogens (tertiary/aromatic N) is 2. The SMILES string of the molecule is CCN(CC)C(=O)c1ccc(NCc2ccccc2C)cn1. The zero-order valence-corrected chi connectivity index (χ0v) is 13.5. The molecule has 1 N–H and O–H groups in total. The quantitative estimate of drug-likeness (QED) is 0.888. The molecule has 4 heteroatoms. The van der Waals surface area contributed by atoms with Crippen molar-refractivity contribution in [3.63, 3.8) is 0 Å². The van der Waals surface area contributed by atoms with Crippen LogP contribution in [0, 0.1) is 6.92 Å². The summed E-state index contributed by atoms with van der Waals surface area (Å²) in [6, 6.07) is 12.0. The van der Waals surface area contributed by atoms with Crippen LogP contribution in [0.25, 0.3) is 0 Å². The summed E-state index contributed by atoms with van der Waals surface area (Å²) in [5.74, 6) is -0.0181. The lowest BCUT2D eigenvalue weighted by Gasteiger charge is -2.18. The number of amides is 1. The van der Waals surface area contributed by atoms with E-state index in [2.05, 4.69) is 29.4 Å². The van der Waals surface area contributed by atoms with E-state index in [1.807, 2.05) is 32.0 Å². The van der Waals surface area contributed by atoms with Crippen molar-refractivity contribution in [1.29, 1.82) is 0 Å². The van der Waals surface area contributed by atoms with E-state index in [1.165, 1.54) is 11.1 Å². The number of aryl methyl sites for hydroxylation is 1. The first kappa shape index (κ1) is 16.0. The van der Waals surface area contributed by atoms with Gasteiger partial charge in [0.15, 0.2) is 0 Å². The molecule has 1 aromatic heterocycles. The summed E-state index contributed by atoms with van der Waals surface area (Å²) in [6.45, 7) is 8.19. The summed E-state index contributed by atoms with van der Waals surface area (Å²) in [5.41, 5.74) is 3.92. The van der Waals surface area contributed by atoms with Gasteiger partial charge in [0.05, 0.1) is 11.9 Å². The molecular weight excluding hydrogens is 274 g/mol. The van der Waals surface area contributed by atoms with E-state index in [1.54, 1.807) is 17.2 Å². The van der Waals surface area contributed by atoms with E-state index < -0.39 is 0 Å². The summed E-state index contributed by atoms with van der Waals surface area (Å²) < 4.78 is 0. The van der Waals surface area contributed by atoms with Crippen molar-refractivity contribution in [3.8, 4) is 0 Å². The van der Waals surface area contributed by atoms with Crippen molar-refractivity contribution >= 4 is 11.6 Å².